The Balaban J connectivity index is 1.82. The van der Waals surface area contributed by atoms with Gasteiger partial charge in [0.2, 0.25) is 10.0 Å². The lowest BCUT2D eigenvalue weighted by Crippen LogP contribution is -2.41. The molecule has 0 aliphatic carbocycles. The maximum atomic E-state index is 13.9. The first-order valence-electron chi connectivity index (χ1n) is 11.5. The summed E-state index contributed by atoms with van der Waals surface area (Å²) in [7, 11) is 2.59. The van der Waals surface area contributed by atoms with E-state index in [-0.39, 0.29) is 4.90 Å². The first-order chi connectivity index (χ1) is 17.4. The number of fused-ring (bicyclic) bond motifs is 1. The van der Waals surface area contributed by atoms with E-state index >= 15 is 0 Å². The highest BCUT2D eigenvalue weighted by atomic mass is 32.2. The van der Waals surface area contributed by atoms with Crippen molar-refractivity contribution in [3.8, 4) is 23.0 Å². The number of hydrogen-bond acceptors (Lipinski definition) is 7. The minimum Gasteiger partial charge on any atom is -0.493 e. The van der Waals surface area contributed by atoms with Crippen LogP contribution in [0.5, 0.6) is 23.0 Å². The van der Waals surface area contributed by atoms with Crippen LogP contribution >= 0.6 is 11.8 Å². The Morgan fingerprint density at radius 3 is 2.06 bits per heavy atom. The third-order valence-corrected chi connectivity index (χ3v) is 9.16. The van der Waals surface area contributed by atoms with Crippen LogP contribution in [0.25, 0.3) is 0 Å². The van der Waals surface area contributed by atoms with Gasteiger partial charge in [0.15, 0.2) is 23.0 Å². The van der Waals surface area contributed by atoms with Gasteiger partial charge >= 0.3 is 0 Å². The van der Waals surface area contributed by atoms with Crippen molar-refractivity contribution in [2.75, 3.05) is 41.2 Å². The zero-order valence-corrected chi connectivity index (χ0v) is 22.7. The molecule has 0 bridgehead atoms. The first kappa shape index (κ1) is 26.2. The van der Waals surface area contributed by atoms with Crippen LogP contribution in [0.3, 0.4) is 0 Å². The molecule has 0 fully saturated rings. The molecular formula is C27H31NO6S2. The number of sulfonamides is 1. The lowest BCUT2D eigenvalue weighted by atomic mass is 9.89. The predicted molar refractivity (Wildman–Crippen MR) is 141 cm³/mol. The normalized spacial score (nSPS) is 15.8. The second kappa shape index (κ2) is 11.0. The summed E-state index contributed by atoms with van der Waals surface area (Å²) in [6.07, 6.45) is 2.98. The number of thioether (sulfide) groups is 1. The summed E-state index contributed by atoms with van der Waals surface area (Å²) in [6.45, 7) is 0.354. The number of methoxy groups -OCH3 is 4. The van der Waals surface area contributed by atoms with Gasteiger partial charge in [0.1, 0.15) is 0 Å². The van der Waals surface area contributed by atoms with Gasteiger partial charge in [-0.2, -0.15) is 4.31 Å². The summed E-state index contributed by atoms with van der Waals surface area (Å²) < 4.78 is 51.4. The number of hydrogen-bond donors (Lipinski definition) is 0. The van der Waals surface area contributed by atoms with E-state index in [0.29, 0.717) is 42.4 Å². The van der Waals surface area contributed by atoms with Gasteiger partial charge in [-0.1, -0.05) is 6.07 Å². The topological polar surface area (TPSA) is 74.3 Å². The van der Waals surface area contributed by atoms with Crippen LogP contribution < -0.4 is 18.9 Å². The van der Waals surface area contributed by atoms with Gasteiger partial charge in [0, 0.05) is 11.4 Å². The Labute approximate surface area is 217 Å². The zero-order chi connectivity index (χ0) is 25.9. The fourth-order valence-electron chi connectivity index (χ4n) is 4.62. The summed E-state index contributed by atoms with van der Waals surface area (Å²) in [6, 6.07) is 16.1. The summed E-state index contributed by atoms with van der Waals surface area (Å²) in [5, 5.41) is 0. The standard InChI is InChI=1S/C27H31NO6S2/c1-31-24-11-6-18(15-25(24)32-2)14-23-22-17-27(34-4)26(33-3)16-19(22)12-13-28(23)36(29,30)21-9-7-20(35-5)8-10-21/h6-11,15-17,23H,12-14H2,1-5H3/t23-/m0/s1. The Morgan fingerprint density at radius 2 is 1.44 bits per heavy atom. The molecule has 36 heavy (non-hydrogen) atoms. The number of nitrogens with zero attached hydrogens (tertiary/aromatic N) is 1. The Hall–Kier alpha value is -2.88. The van der Waals surface area contributed by atoms with Crippen LogP contribution in [0.4, 0.5) is 0 Å². The van der Waals surface area contributed by atoms with Crippen LogP contribution in [-0.4, -0.2) is 54.0 Å². The van der Waals surface area contributed by atoms with Gasteiger partial charge in [0.25, 0.3) is 0 Å². The fourth-order valence-corrected chi connectivity index (χ4v) is 6.63. The average molecular weight is 530 g/mol. The lowest BCUT2D eigenvalue weighted by molar-refractivity contribution is 0.300. The summed E-state index contributed by atoms with van der Waals surface area (Å²) >= 11 is 1.57. The SMILES string of the molecule is COc1ccc(C[C@H]2c3cc(OC)c(OC)cc3CCN2S(=O)(=O)c2ccc(SC)cc2)cc1OC. The van der Waals surface area contributed by atoms with Crippen molar-refractivity contribution in [3.05, 3.63) is 71.3 Å². The van der Waals surface area contributed by atoms with Crippen LogP contribution in [-0.2, 0) is 22.9 Å². The van der Waals surface area contributed by atoms with Gasteiger partial charge in [-0.15, -0.1) is 11.8 Å². The highest BCUT2D eigenvalue weighted by Gasteiger charge is 2.37. The number of benzene rings is 3. The monoisotopic (exact) mass is 529 g/mol. The lowest BCUT2D eigenvalue weighted by Gasteiger charge is -2.37. The van der Waals surface area contributed by atoms with Crippen molar-refractivity contribution in [2.45, 2.75) is 28.7 Å². The molecule has 1 aliphatic rings. The molecule has 3 aromatic rings. The van der Waals surface area contributed by atoms with E-state index in [1.165, 1.54) is 0 Å². The van der Waals surface area contributed by atoms with Gasteiger partial charge in [-0.3, -0.25) is 0 Å². The molecule has 192 valence electrons. The van der Waals surface area contributed by atoms with Gasteiger partial charge in [0.05, 0.1) is 39.4 Å². The predicted octanol–water partition coefficient (Wildman–Crippen LogP) is 4.97. The van der Waals surface area contributed by atoms with E-state index in [9.17, 15) is 8.42 Å². The van der Waals surface area contributed by atoms with Gasteiger partial charge in [-0.05, 0) is 84.3 Å². The van der Waals surface area contributed by atoms with E-state index in [4.69, 9.17) is 18.9 Å². The van der Waals surface area contributed by atoms with Crippen LogP contribution in [0, 0.1) is 0 Å². The maximum absolute atomic E-state index is 13.9. The average Bonchev–Trinajstić information content (AvgIpc) is 2.92. The Kier molecular flexibility index (Phi) is 8.02. The molecule has 0 N–H and O–H groups in total. The summed E-state index contributed by atoms with van der Waals surface area (Å²) in [5.74, 6) is 2.41. The summed E-state index contributed by atoms with van der Waals surface area (Å²) in [4.78, 5) is 1.29. The number of rotatable bonds is 9. The molecule has 9 heteroatoms. The molecule has 0 unspecified atom stereocenters. The molecule has 7 nitrogen and oxygen atoms in total. The second-order valence-electron chi connectivity index (χ2n) is 8.36. The molecule has 4 rings (SSSR count). The van der Waals surface area contributed by atoms with Crippen molar-refractivity contribution < 1.29 is 27.4 Å². The van der Waals surface area contributed by atoms with E-state index in [0.717, 1.165) is 21.6 Å². The van der Waals surface area contributed by atoms with Crippen molar-refractivity contribution in [2.24, 2.45) is 0 Å². The Morgan fingerprint density at radius 1 is 0.833 bits per heavy atom. The zero-order valence-electron chi connectivity index (χ0n) is 21.1. The maximum Gasteiger partial charge on any atom is 0.243 e. The molecule has 0 aromatic heterocycles. The minimum absolute atomic E-state index is 0.279. The van der Waals surface area contributed by atoms with E-state index in [1.54, 1.807) is 56.6 Å². The van der Waals surface area contributed by atoms with E-state index in [1.807, 2.05) is 48.7 Å². The molecule has 1 aliphatic heterocycles. The molecule has 0 radical (unpaired) electrons. The highest BCUT2D eigenvalue weighted by Crippen LogP contribution is 2.42. The van der Waals surface area contributed by atoms with Gasteiger partial charge < -0.3 is 18.9 Å². The van der Waals surface area contributed by atoms with Crippen LogP contribution in [0.1, 0.15) is 22.7 Å². The summed E-state index contributed by atoms with van der Waals surface area (Å²) in [5.41, 5.74) is 2.87. The molecule has 1 heterocycles. The molecule has 0 saturated heterocycles. The molecule has 0 amide bonds. The van der Waals surface area contributed by atoms with Crippen molar-refractivity contribution >= 4 is 21.8 Å². The first-order valence-corrected chi connectivity index (χ1v) is 14.1. The fraction of sp³-hybridized carbons (Fsp3) is 0.333. The van der Waals surface area contributed by atoms with Crippen LogP contribution in [0.2, 0.25) is 0 Å². The quantitative estimate of drug-likeness (QED) is 0.362. The molecule has 1 atom stereocenters. The van der Waals surface area contributed by atoms with Crippen molar-refractivity contribution in [1.29, 1.82) is 0 Å². The van der Waals surface area contributed by atoms with Crippen molar-refractivity contribution in [1.82, 2.24) is 4.31 Å². The third kappa shape index (κ3) is 5.00. The van der Waals surface area contributed by atoms with Crippen molar-refractivity contribution in [3.63, 3.8) is 0 Å². The minimum atomic E-state index is -3.77. The largest absolute Gasteiger partial charge is 0.493 e. The smallest absolute Gasteiger partial charge is 0.243 e. The highest BCUT2D eigenvalue weighted by molar-refractivity contribution is 7.98. The van der Waals surface area contributed by atoms with Gasteiger partial charge in [-0.25, -0.2) is 8.42 Å². The van der Waals surface area contributed by atoms with E-state index in [2.05, 4.69) is 0 Å². The molecule has 0 saturated carbocycles. The molecule has 0 spiro atoms. The van der Waals surface area contributed by atoms with E-state index < -0.39 is 16.1 Å². The number of ether oxygens (including phenoxy) is 4. The van der Waals surface area contributed by atoms with Crippen LogP contribution in [0.15, 0.2) is 64.4 Å². The second-order valence-corrected chi connectivity index (χ2v) is 11.1. The molecule has 3 aromatic carbocycles. The Bertz CT molecular complexity index is 1320. The third-order valence-electron chi connectivity index (χ3n) is 6.50. The molecular weight excluding hydrogens is 498 g/mol.